The summed E-state index contributed by atoms with van der Waals surface area (Å²) >= 11 is 0. The van der Waals surface area contributed by atoms with Crippen molar-refractivity contribution in [2.75, 3.05) is 13.2 Å². The summed E-state index contributed by atoms with van der Waals surface area (Å²) in [5.74, 6) is 5.85. The lowest BCUT2D eigenvalue weighted by Gasteiger charge is -2.21. The monoisotopic (exact) mass is 370 g/mol. The molecule has 6 heteroatoms. The second kappa shape index (κ2) is 10.8. The highest BCUT2D eigenvalue weighted by Gasteiger charge is 2.18. The molecule has 1 unspecified atom stereocenters. The van der Waals surface area contributed by atoms with Crippen LogP contribution in [-0.2, 0) is 11.3 Å². The fourth-order valence-corrected chi connectivity index (χ4v) is 3.00. The first-order valence-corrected chi connectivity index (χ1v) is 9.79. The molecule has 0 bridgehead atoms. The molecule has 1 N–H and O–H groups in total. The highest BCUT2D eigenvalue weighted by Crippen LogP contribution is 2.26. The minimum Gasteiger partial charge on any atom is -0.384 e. The number of aliphatic hydroxyl groups excluding tert-OH is 1. The average Bonchev–Trinajstić information content (AvgIpc) is 3.16. The number of ether oxygens (including phenoxy) is 1. The maximum Gasteiger partial charge on any atom is 0.131 e. The second-order valence-electron chi connectivity index (χ2n) is 6.59. The summed E-state index contributed by atoms with van der Waals surface area (Å²) in [4.78, 5) is 4.55. The van der Waals surface area contributed by atoms with Crippen LogP contribution in [0.3, 0.4) is 0 Å². The van der Waals surface area contributed by atoms with Gasteiger partial charge < -0.3 is 9.84 Å². The van der Waals surface area contributed by atoms with Gasteiger partial charge in [0.1, 0.15) is 12.3 Å². The number of hydrogen-bond donors (Lipinski definition) is 1. The van der Waals surface area contributed by atoms with E-state index in [0.29, 0.717) is 0 Å². The Morgan fingerprint density at radius 1 is 1.33 bits per heavy atom. The van der Waals surface area contributed by atoms with Crippen molar-refractivity contribution in [2.45, 2.75) is 65.5 Å². The van der Waals surface area contributed by atoms with E-state index in [1.54, 1.807) is 6.20 Å². The first-order valence-electron chi connectivity index (χ1n) is 9.79. The molecule has 3 rings (SSSR count). The van der Waals surface area contributed by atoms with Crippen molar-refractivity contribution < 1.29 is 9.84 Å². The Kier molecular flexibility index (Phi) is 8.43. The van der Waals surface area contributed by atoms with E-state index < -0.39 is 0 Å². The van der Waals surface area contributed by atoms with Crippen molar-refractivity contribution in [3.63, 3.8) is 0 Å². The van der Waals surface area contributed by atoms with Gasteiger partial charge in [-0.15, -0.1) is 5.10 Å². The number of aromatic nitrogens is 4. The van der Waals surface area contributed by atoms with Crippen LogP contribution in [0.4, 0.5) is 0 Å². The molecular formula is C21H30N4O2. The Morgan fingerprint density at radius 2 is 2.15 bits per heavy atom. The molecule has 0 radical (unpaired) electrons. The Bertz CT molecular complexity index is 768. The maximum absolute atomic E-state index is 8.85. The summed E-state index contributed by atoms with van der Waals surface area (Å²) in [5, 5.41) is 17.4. The van der Waals surface area contributed by atoms with Gasteiger partial charge in [-0.05, 0) is 36.8 Å². The first-order chi connectivity index (χ1) is 13.2. The predicted octanol–water partition coefficient (Wildman–Crippen LogP) is 3.40. The molecule has 3 heterocycles. The number of nitrogens with zero attached hydrogens (tertiary/aromatic N) is 4. The Balaban J connectivity index is 0.00000126. The average molecular weight is 370 g/mol. The van der Waals surface area contributed by atoms with E-state index in [4.69, 9.17) is 9.84 Å². The van der Waals surface area contributed by atoms with Crippen molar-refractivity contribution >= 4 is 0 Å². The molecule has 0 saturated carbocycles. The number of aliphatic hydroxyl groups is 1. The molecule has 1 fully saturated rings. The van der Waals surface area contributed by atoms with Crippen molar-refractivity contribution in [3.05, 3.63) is 29.6 Å². The molecule has 146 valence electrons. The van der Waals surface area contributed by atoms with Crippen molar-refractivity contribution in [3.8, 4) is 23.2 Å². The van der Waals surface area contributed by atoms with Crippen LogP contribution in [0.15, 0.2) is 18.5 Å². The molecule has 1 saturated heterocycles. The normalized spacial score (nSPS) is 16.3. The van der Waals surface area contributed by atoms with Crippen molar-refractivity contribution in [1.82, 2.24) is 20.0 Å². The molecule has 1 aliphatic heterocycles. The summed E-state index contributed by atoms with van der Waals surface area (Å²) in [5.41, 5.74) is 3.47. The van der Waals surface area contributed by atoms with Gasteiger partial charge in [0.25, 0.3) is 0 Å². The first kappa shape index (κ1) is 21.1. The molecular weight excluding hydrogens is 340 g/mol. The highest BCUT2D eigenvalue weighted by molar-refractivity contribution is 5.60. The molecule has 6 nitrogen and oxygen atoms in total. The van der Waals surface area contributed by atoms with E-state index in [0.717, 1.165) is 48.5 Å². The molecule has 1 aliphatic rings. The van der Waals surface area contributed by atoms with Crippen LogP contribution in [0.25, 0.3) is 11.4 Å². The van der Waals surface area contributed by atoms with Crippen LogP contribution in [-0.4, -0.2) is 44.4 Å². The SMILES string of the molecule is CC.CC(C)c1cc(C#CCO)cnc1-c1cn(CC2CCCCO2)nn1. The predicted molar refractivity (Wildman–Crippen MR) is 106 cm³/mol. The van der Waals surface area contributed by atoms with Crippen LogP contribution < -0.4 is 0 Å². The van der Waals surface area contributed by atoms with Crippen LogP contribution >= 0.6 is 0 Å². The van der Waals surface area contributed by atoms with Gasteiger partial charge in [0.15, 0.2) is 0 Å². The van der Waals surface area contributed by atoms with Gasteiger partial charge in [-0.2, -0.15) is 0 Å². The second-order valence-corrected chi connectivity index (χ2v) is 6.59. The molecule has 0 spiro atoms. The number of hydrogen-bond acceptors (Lipinski definition) is 5. The van der Waals surface area contributed by atoms with E-state index in [1.165, 1.54) is 6.42 Å². The van der Waals surface area contributed by atoms with Crippen LogP contribution in [0.5, 0.6) is 0 Å². The number of pyridine rings is 1. The molecule has 1 atom stereocenters. The van der Waals surface area contributed by atoms with Crippen molar-refractivity contribution in [1.29, 1.82) is 0 Å². The summed E-state index contributed by atoms with van der Waals surface area (Å²) in [7, 11) is 0. The van der Waals surface area contributed by atoms with Crippen LogP contribution in [0.1, 0.15) is 64.0 Å². The third-order valence-corrected chi connectivity index (χ3v) is 4.30. The van der Waals surface area contributed by atoms with E-state index in [2.05, 4.69) is 41.0 Å². The third kappa shape index (κ3) is 5.88. The van der Waals surface area contributed by atoms with Gasteiger partial charge in [0.2, 0.25) is 0 Å². The standard InChI is InChI=1S/C19H24N4O2.C2H6/c1-14(2)17-10-15(6-5-8-24)11-20-19(17)18-13-23(22-21-18)12-16-7-3-4-9-25-16;1-2/h10-11,13-14,16,24H,3-4,7-9,12H2,1-2H3;1-2H3. The minimum atomic E-state index is -0.156. The third-order valence-electron chi connectivity index (χ3n) is 4.30. The fourth-order valence-electron chi connectivity index (χ4n) is 3.00. The Hall–Kier alpha value is -2.23. The van der Waals surface area contributed by atoms with Gasteiger partial charge in [-0.1, -0.05) is 44.7 Å². The van der Waals surface area contributed by atoms with Crippen LogP contribution in [0.2, 0.25) is 0 Å². The molecule has 0 aliphatic carbocycles. The minimum absolute atomic E-state index is 0.156. The highest BCUT2D eigenvalue weighted by atomic mass is 16.5. The van der Waals surface area contributed by atoms with Gasteiger partial charge in [-0.25, -0.2) is 4.68 Å². The summed E-state index contributed by atoms with van der Waals surface area (Å²) < 4.78 is 7.62. The van der Waals surface area contributed by atoms with Gasteiger partial charge in [0, 0.05) is 18.4 Å². The largest absolute Gasteiger partial charge is 0.384 e. The lowest BCUT2D eigenvalue weighted by molar-refractivity contribution is 0.00370. The van der Waals surface area contributed by atoms with E-state index in [1.807, 2.05) is 30.8 Å². The van der Waals surface area contributed by atoms with Crippen molar-refractivity contribution in [2.24, 2.45) is 0 Å². The smallest absolute Gasteiger partial charge is 0.131 e. The Morgan fingerprint density at radius 3 is 2.81 bits per heavy atom. The van der Waals surface area contributed by atoms with Gasteiger partial charge in [-0.3, -0.25) is 4.98 Å². The Labute approximate surface area is 162 Å². The summed E-state index contributed by atoms with van der Waals surface area (Å²) in [6.07, 6.45) is 7.30. The number of rotatable bonds is 4. The van der Waals surface area contributed by atoms with E-state index in [9.17, 15) is 0 Å². The van der Waals surface area contributed by atoms with Gasteiger partial charge >= 0.3 is 0 Å². The topological polar surface area (TPSA) is 73.1 Å². The molecule has 0 amide bonds. The summed E-state index contributed by atoms with van der Waals surface area (Å²) in [6.45, 7) is 9.64. The lowest BCUT2D eigenvalue weighted by Crippen LogP contribution is -2.24. The quantitative estimate of drug-likeness (QED) is 0.835. The van der Waals surface area contributed by atoms with E-state index in [-0.39, 0.29) is 18.6 Å². The lowest BCUT2D eigenvalue weighted by atomic mass is 9.98. The zero-order valence-corrected chi connectivity index (χ0v) is 16.8. The molecule has 27 heavy (non-hydrogen) atoms. The maximum atomic E-state index is 8.85. The summed E-state index contributed by atoms with van der Waals surface area (Å²) in [6, 6.07) is 2.01. The van der Waals surface area contributed by atoms with Gasteiger partial charge in [0.05, 0.1) is 24.5 Å². The van der Waals surface area contributed by atoms with Crippen LogP contribution in [0, 0.1) is 11.8 Å². The fraction of sp³-hybridized carbons (Fsp3) is 0.571. The molecule has 2 aromatic rings. The zero-order valence-electron chi connectivity index (χ0n) is 16.8. The molecule has 0 aromatic carbocycles. The van der Waals surface area contributed by atoms with E-state index >= 15 is 0 Å². The molecule has 2 aromatic heterocycles. The zero-order chi connectivity index (χ0) is 19.6.